The molecule has 0 spiro atoms. The van der Waals surface area contributed by atoms with Crippen LogP contribution >= 0.6 is 0 Å². The molecule has 1 aromatic heterocycles. The number of fused-ring (bicyclic) bond motifs is 1. The van der Waals surface area contributed by atoms with E-state index in [1.165, 1.54) is 11.1 Å². The predicted octanol–water partition coefficient (Wildman–Crippen LogP) is 4.66. The van der Waals surface area contributed by atoms with E-state index in [0.717, 1.165) is 0 Å². The fraction of sp³-hybridized carbons (Fsp3) is 0.174. The molecule has 2 aromatic carbocycles. The molecule has 1 atom stereocenters. The molecule has 0 unspecified atom stereocenters. The fourth-order valence-corrected chi connectivity index (χ4v) is 3.47. The summed E-state index contributed by atoms with van der Waals surface area (Å²) in [4.78, 5) is 30.7. The van der Waals surface area contributed by atoms with Gasteiger partial charge >= 0.3 is 0 Å². The standard InChI is InChI=1S/C23H16F5N3O3/c24-15-16(25)18(27)20(19(28)17(15)26)30-14(32)9-5-11-31-22-13(8-4-10-29-22)34-21(23(31)33)12-6-2-1-3-7-12/h1-4,6-8,10,21H,5,9,11H2,(H,30,32)/t21-/m0/s1. The molecule has 176 valence electrons. The summed E-state index contributed by atoms with van der Waals surface area (Å²) in [6.45, 7) is -0.0138. The maximum atomic E-state index is 13.8. The van der Waals surface area contributed by atoms with E-state index in [9.17, 15) is 31.5 Å². The highest BCUT2D eigenvalue weighted by molar-refractivity contribution is 5.99. The maximum absolute atomic E-state index is 13.8. The van der Waals surface area contributed by atoms with Gasteiger partial charge in [-0.2, -0.15) is 0 Å². The second kappa shape index (κ2) is 9.46. The molecule has 2 amide bonds. The molecule has 0 saturated heterocycles. The first-order valence-corrected chi connectivity index (χ1v) is 10.1. The summed E-state index contributed by atoms with van der Waals surface area (Å²) >= 11 is 0. The van der Waals surface area contributed by atoms with E-state index in [-0.39, 0.29) is 25.2 Å². The molecular formula is C23H16F5N3O3. The topological polar surface area (TPSA) is 71.5 Å². The monoisotopic (exact) mass is 477 g/mol. The molecule has 11 heteroatoms. The zero-order valence-electron chi connectivity index (χ0n) is 17.3. The van der Waals surface area contributed by atoms with Crippen LogP contribution in [0.25, 0.3) is 0 Å². The highest BCUT2D eigenvalue weighted by Gasteiger charge is 2.36. The normalized spacial score (nSPS) is 15.0. The van der Waals surface area contributed by atoms with E-state index >= 15 is 0 Å². The number of pyridine rings is 1. The number of anilines is 2. The average molecular weight is 477 g/mol. The van der Waals surface area contributed by atoms with E-state index in [1.807, 2.05) is 0 Å². The Labute approximate surface area is 190 Å². The van der Waals surface area contributed by atoms with Crippen LogP contribution in [0, 0.1) is 29.1 Å². The smallest absolute Gasteiger partial charge is 0.274 e. The van der Waals surface area contributed by atoms with Crippen molar-refractivity contribution in [2.24, 2.45) is 0 Å². The van der Waals surface area contributed by atoms with Crippen molar-refractivity contribution in [3.05, 3.63) is 83.3 Å². The van der Waals surface area contributed by atoms with Crippen molar-refractivity contribution in [2.75, 3.05) is 16.8 Å². The first kappa shape index (κ1) is 23.1. The Hall–Kier alpha value is -4.02. The van der Waals surface area contributed by atoms with Gasteiger partial charge in [-0.15, -0.1) is 0 Å². The van der Waals surface area contributed by atoms with Crippen molar-refractivity contribution >= 4 is 23.3 Å². The summed E-state index contributed by atoms with van der Waals surface area (Å²) in [5, 5.41) is 1.71. The first-order chi connectivity index (χ1) is 16.3. The minimum atomic E-state index is -2.32. The third-order valence-electron chi connectivity index (χ3n) is 5.10. The third kappa shape index (κ3) is 4.28. The molecule has 6 nitrogen and oxygen atoms in total. The predicted molar refractivity (Wildman–Crippen MR) is 110 cm³/mol. The van der Waals surface area contributed by atoms with Crippen LogP contribution < -0.4 is 15.0 Å². The lowest BCUT2D eigenvalue weighted by atomic mass is 10.1. The Kier molecular flexibility index (Phi) is 6.44. The lowest BCUT2D eigenvalue weighted by Crippen LogP contribution is -2.42. The third-order valence-corrected chi connectivity index (χ3v) is 5.10. The molecule has 1 N–H and O–H groups in total. The van der Waals surface area contributed by atoms with Crippen molar-refractivity contribution in [1.82, 2.24) is 4.98 Å². The van der Waals surface area contributed by atoms with Gasteiger partial charge < -0.3 is 10.1 Å². The SMILES string of the molecule is O=C(CCCN1C(=O)[C@H](c2ccccc2)Oc2cccnc21)Nc1c(F)c(F)c(F)c(F)c1F. The van der Waals surface area contributed by atoms with Crippen molar-refractivity contribution in [2.45, 2.75) is 18.9 Å². The Morgan fingerprint density at radius 1 is 0.941 bits per heavy atom. The summed E-state index contributed by atoms with van der Waals surface area (Å²) in [7, 11) is 0. The number of nitrogens with one attached hydrogen (secondary N) is 1. The molecule has 0 fully saturated rings. The van der Waals surface area contributed by atoms with Crippen molar-refractivity contribution in [3.63, 3.8) is 0 Å². The summed E-state index contributed by atoms with van der Waals surface area (Å²) < 4.78 is 73.2. The van der Waals surface area contributed by atoms with E-state index < -0.39 is 52.7 Å². The number of carbonyl (C=O) groups is 2. The highest BCUT2D eigenvalue weighted by Crippen LogP contribution is 2.37. The van der Waals surface area contributed by atoms with Gasteiger partial charge in [0.2, 0.25) is 17.8 Å². The minimum Gasteiger partial charge on any atom is -0.472 e. The van der Waals surface area contributed by atoms with Crippen molar-refractivity contribution in [1.29, 1.82) is 0 Å². The summed E-state index contributed by atoms with van der Waals surface area (Å²) in [6, 6.07) is 12.0. The number of rotatable bonds is 6. The molecular weight excluding hydrogens is 461 g/mol. The van der Waals surface area contributed by atoms with Gasteiger partial charge in [-0.1, -0.05) is 30.3 Å². The molecule has 0 aliphatic carbocycles. The Morgan fingerprint density at radius 3 is 2.26 bits per heavy atom. The number of benzene rings is 2. The second-order valence-corrected chi connectivity index (χ2v) is 7.32. The van der Waals surface area contributed by atoms with Gasteiger partial charge in [0, 0.05) is 24.7 Å². The van der Waals surface area contributed by atoms with Gasteiger partial charge in [0.05, 0.1) is 0 Å². The van der Waals surface area contributed by atoms with E-state index in [2.05, 4.69) is 4.98 Å². The van der Waals surface area contributed by atoms with E-state index in [4.69, 9.17) is 4.74 Å². The number of amides is 2. The molecule has 34 heavy (non-hydrogen) atoms. The number of carbonyl (C=O) groups excluding carboxylic acids is 2. The molecule has 1 aliphatic rings. The number of hydrogen-bond acceptors (Lipinski definition) is 4. The Balaban J connectivity index is 1.47. The number of nitrogens with zero attached hydrogens (tertiary/aromatic N) is 2. The van der Waals surface area contributed by atoms with Gasteiger partial charge in [0.1, 0.15) is 5.69 Å². The molecule has 1 aliphatic heterocycles. The number of aromatic nitrogens is 1. The van der Waals surface area contributed by atoms with E-state index in [0.29, 0.717) is 11.3 Å². The quantitative estimate of drug-likeness (QED) is 0.319. The largest absolute Gasteiger partial charge is 0.472 e. The molecule has 4 rings (SSSR count). The van der Waals surface area contributed by atoms with Crippen LogP contribution in [0.15, 0.2) is 48.7 Å². The fourth-order valence-electron chi connectivity index (χ4n) is 3.47. The Bertz CT molecular complexity index is 1230. The van der Waals surface area contributed by atoms with E-state index in [1.54, 1.807) is 47.8 Å². The molecule has 2 heterocycles. The van der Waals surface area contributed by atoms with Gasteiger partial charge in [-0.3, -0.25) is 14.5 Å². The second-order valence-electron chi connectivity index (χ2n) is 7.32. The molecule has 0 bridgehead atoms. The van der Waals surface area contributed by atoms with Crippen LogP contribution in [-0.4, -0.2) is 23.3 Å². The molecule has 0 saturated carbocycles. The summed E-state index contributed by atoms with van der Waals surface area (Å²) in [6.07, 6.45) is 0.147. The van der Waals surface area contributed by atoms with Crippen LogP contribution in [0.4, 0.5) is 33.5 Å². The van der Waals surface area contributed by atoms with Crippen molar-refractivity contribution < 1.29 is 36.3 Å². The van der Waals surface area contributed by atoms with Crippen LogP contribution in [0.1, 0.15) is 24.5 Å². The van der Waals surface area contributed by atoms with Gasteiger partial charge in [-0.05, 0) is 18.6 Å². The summed E-state index contributed by atoms with van der Waals surface area (Å²) in [5.41, 5.74) is -0.823. The average Bonchev–Trinajstić information content (AvgIpc) is 2.86. The number of hydrogen-bond donors (Lipinski definition) is 1. The minimum absolute atomic E-state index is 0.00446. The highest BCUT2D eigenvalue weighted by atomic mass is 19.2. The van der Waals surface area contributed by atoms with Crippen LogP contribution in [0.2, 0.25) is 0 Å². The lowest BCUT2D eigenvalue weighted by Gasteiger charge is -2.33. The van der Waals surface area contributed by atoms with Gasteiger partial charge in [0.25, 0.3) is 5.91 Å². The maximum Gasteiger partial charge on any atom is 0.274 e. The summed E-state index contributed by atoms with van der Waals surface area (Å²) in [5.74, 6) is -11.8. The van der Waals surface area contributed by atoms with Gasteiger partial charge in [0.15, 0.2) is 34.8 Å². The van der Waals surface area contributed by atoms with Crippen LogP contribution in [-0.2, 0) is 9.59 Å². The van der Waals surface area contributed by atoms with Crippen LogP contribution in [0.5, 0.6) is 5.75 Å². The van der Waals surface area contributed by atoms with Gasteiger partial charge in [-0.25, -0.2) is 26.9 Å². The van der Waals surface area contributed by atoms with Crippen LogP contribution in [0.3, 0.4) is 0 Å². The zero-order chi connectivity index (χ0) is 24.4. The zero-order valence-corrected chi connectivity index (χ0v) is 17.3. The number of ether oxygens (including phenoxy) is 1. The van der Waals surface area contributed by atoms with Crippen molar-refractivity contribution in [3.8, 4) is 5.75 Å². The molecule has 0 radical (unpaired) electrons. The number of halogens is 5. The first-order valence-electron chi connectivity index (χ1n) is 10.1. The Morgan fingerprint density at radius 2 is 1.59 bits per heavy atom. The molecule has 3 aromatic rings. The lowest BCUT2D eigenvalue weighted by molar-refractivity contribution is -0.127.